The molecule has 7 nitrogen and oxygen atoms in total. The minimum absolute atomic E-state index is 0.0449. The number of nitrogens with zero attached hydrogens (tertiary/aromatic N) is 3. The summed E-state index contributed by atoms with van der Waals surface area (Å²) in [6.45, 7) is 5.85. The van der Waals surface area contributed by atoms with E-state index in [0.717, 1.165) is 21.5 Å². The van der Waals surface area contributed by atoms with Gasteiger partial charge in [0, 0.05) is 16.8 Å². The third-order valence-electron chi connectivity index (χ3n) is 3.22. The molecule has 2 aromatic rings. The smallest absolute Gasteiger partial charge is 0.320 e. The summed E-state index contributed by atoms with van der Waals surface area (Å²) in [5.41, 5.74) is 0.688. The summed E-state index contributed by atoms with van der Waals surface area (Å²) >= 11 is 1.66. The van der Waals surface area contributed by atoms with Gasteiger partial charge in [-0.3, -0.25) is 19.6 Å². The van der Waals surface area contributed by atoms with Crippen LogP contribution in [0.15, 0.2) is 12.3 Å². The van der Waals surface area contributed by atoms with Crippen molar-refractivity contribution in [2.45, 2.75) is 26.8 Å². The van der Waals surface area contributed by atoms with Crippen LogP contribution in [-0.2, 0) is 7.05 Å². The molecular weight excluding hydrogens is 292 g/mol. The number of aryl methyl sites for hydroxylation is 3. The Morgan fingerprint density at radius 2 is 2.19 bits per heavy atom. The normalized spacial score (nSPS) is 12.2. The molecule has 0 unspecified atom stereocenters. The van der Waals surface area contributed by atoms with E-state index in [1.54, 1.807) is 11.3 Å². The molecule has 1 N–H and O–H groups in total. The molecule has 0 radical (unpaired) electrons. The number of carbonyl (C=O) groups excluding carboxylic acids is 1. The molecule has 2 heterocycles. The Kier molecular flexibility index (Phi) is 4.08. The van der Waals surface area contributed by atoms with Gasteiger partial charge in [-0.2, -0.15) is 5.10 Å². The van der Waals surface area contributed by atoms with Crippen LogP contribution in [0, 0.1) is 24.0 Å². The fraction of sp³-hybridized carbons (Fsp3) is 0.385. The van der Waals surface area contributed by atoms with Gasteiger partial charge in [0.1, 0.15) is 6.20 Å². The third-order valence-corrected chi connectivity index (χ3v) is 4.21. The first-order chi connectivity index (χ1) is 9.81. The van der Waals surface area contributed by atoms with Crippen LogP contribution in [0.2, 0.25) is 0 Å². The van der Waals surface area contributed by atoms with Crippen LogP contribution in [0.4, 0.5) is 5.69 Å². The molecule has 21 heavy (non-hydrogen) atoms. The molecule has 2 rings (SSSR count). The number of aromatic nitrogens is 2. The van der Waals surface area contributed by atoms with Crippen molar-refractivity contribution in [3.63, 3.8) is 0 Å². The molecular formula is C13H16N4O3S. The van der Waals surface area contributed by atoms with Gasteiger partial charge in [0.25, 0.3) is 5.91 Å². The molecule has 2 aromatic heterocycles. The zero-order valence-electron chi connectivity index (χ0n) is 12.2. The maximum atomic E-state index is 12.3. The van der Waals surface area contributed by atoms with E-state index < -0.39 is 10.8 Å². The van der Waals surface area contributed by atoms with Gasteiger partial charge in [0.2, 0.25) is 5.69 Å². The maximum absolute atomic E-state index is 12.3. The van der Waals surface area contributed by atoms with Gasteiger partial charge >= 0.3 is 5.69 Å². The molecule has 0 spiro atoms. The summed E-state index contributed by atoms with van der Waals surface area (Å²) in [4.78, 5) is 24.9. The van der Waals surface area contributed by atoms with E-state index in [9.17, 15) is 14.9 Å². The Labute approximate surface area is 125 Å². The lowest BCUT2D eigenvalue weighted by molar-refractivity contribution is -0.385. The van der Waals surface area contributed by atoms with Crippen molar-refractivity contribution < 1.29 is 9.72 Å². The number of thiophene rings is 1. The van der Waals surface area contributed by atoms with Crippen LogP contribution in [0.5, 0.6) is 0 Å². The van der Waals surface area contributed by atoms with Gasteiger partial charge in [0.15, 0.2) is 0 Å². The van der Waals surface area contributed by atoms with Crippen molar-refractivity contribution >= 4 is 22.9 Å². The van der Waals surface area contributed by atoms with Crippen molar-refractivity contribution in [1.82, 2.24) is 15.1 Å². The molecule has 0 aliphatic carbocycles. The van der Waals surface area contributed by atoms with Gasteiger partial charge in [-0.1, -0.05) is 0 Å². The molecule has 0 aliphatic heterocycles. The Morgan fingerprint density at radius 3 is 2.71 bits per heavy atom. The average molecular weight is 308 g/mol. The first-order valence-corrected chi connectivity index (χ1v) is 7.17. The Hall–Kier alpha value is -2.22. The predicted molar refractivity (Wildman–Crippen MR) is 79.5 cm³/mol. The lowest BCUT2D eigenvalue weighted by Gasteiger charge is -2.13. The maximum Gasteiger partial charge on any atom is 0.320 e. The topological polar surface area (TPSA) is 90.1 Å². The fourth-order valence-corrected chi connectivity index (χ4v) is 3.27. The van der Waals surface area contributed by atoms with E-state index in [2.05, 4.69) is 10.4 Å². The van der Waals surface area contributed by atoms with Crippen LogP contribution in [-0.4, -0.2) is 20.6 Å². The minimum atomic E-state index is -0.605. The minimum Gasteiger partial charge on any atom is -0.344 e. The first kappa shape index (κ1) is 15.2. The summed E-state index contributed by atoms with van der Waals surface area (Å²) in [6.07, 6.45) is 1.08. The van der Waals surface area contributed by atoms with Crippen LogP contribution in [0.1, 0.15) is 38.8 Å². The summed E-state index contributed by atoms with van der Waals surface area (Å²) in [6, 6.07) is 1.79. The standard InChI is InChI=1S/C13H16N4O3S/c1-7-5-10(9(3)21-7)8(2)15-13(18)12-11(17(19)20)6-14-16(12)4/h5-6,8H,1-4H3,(H,15,18)/t8-/m0/s1. The van der Waals surface area contributed by atoms with E-state index in [4.69, 9.17) is 0 Å². The summed E-state index contributed by atoms with van der Waals surface area (Å²) in [5.74, 6) is -0.502. The lowest BCUT2D eigenvalue weighted by Crippen LogP contribution is -2.29. The Bertz CT molecular complexity index is 704. The van der Waals surface area contributed by atoms with E-state index in [1.165, 1.54) is 11.7 Å². The molecule has 112 valence electrons. The van der Waals surface area contributed by atoms with Gasteiger partial charge < -0.3 is 5.32 Å². The van der Waals surface area contributed by atoms with Gasteiger partial charge in [-0.25, -0.2) is 0 Å². The van der Waals surface area contributed by atoms with E-state index in [1.807, 2.05) is 26.8 Å². The quantitative estimate of drug-likeness (QED) is 0.694. The second kappa shape index (κ2) is 5.65. The molecule has 0 aromatic carbocycles. The predicted octanol–water partition coefficient (Wildman–Crippen LogP) is 2.50. The number of hydrogen-bond donors (Lipinski definition) is 1. The van der Waals surface area contributed by atoms with E-state index in [0.29, 0.717) is 0 Å². The summed E-state index contributed by atoms with van der Waals surface area (Å²) in [7, 11) is 1.51. The molecule has 0 bridgehead atoms. The number of hydrogen-bond acceptors (Lipinski definition) is 5. The highest BCUT2D eigenvalue weighted by atomic mass is 32.1. The largest absolute Gasteiger partial charge is 0.344 e. The van der Waals surface area contributed by atoms with Crippen molar-refractivity contribution in [1.29, 1.82) is 0 Å². The highest BCUT2D eigenvalue weighted by Gasteiger charge is 2.27. The molecule has 0 saturated heterocycles. The average Bonchev–Trinajstić information content (AvgIpc) is 2.92. The zero-order valence-corrected chi connectivity index (χ0v) is 13.0. The van der Waals surface area contributed by atoms with E-state index >= 15 is 0 Å². The number of carbonyl (C=O) groups is 1. The van der Waals surface area contributed by atoms with Crippen LogP contribution < -0.4 is 5.32 Å². The van der Waals surface area contributed by atoms with Crippen molar-refractivity contribution in [2.24, 2.45) is 7.05 Å². The van der Waals surface area contributed by atoms with Crippen LogP contribution in [0.3, 0.4) is 0 Å². The van der Waals surface area contributed by atoms with Gasteiger partial charge in [0.05, 0.1) is 11.0 Å². The van der Waals surface area contributed by atoms with Crippen LogP contribution in [0.25, 0.3) is 0 Å². The van der Waals surface area contributed by atoms with Crippen molar-refractivity contribution in [3.8, 4) is 0 Å². The molecule has 0 aliphatic rings. The number of nitro groups is 1. The van der Waals surface area contributed by atoms with Gasteiger partial charge in [-0.05, 0) is 32.4 Å². The molecule has 0 fully saturated rings. The number of rotatable bonds is 4. The summed E-state index contributed by atoms with van der Waals surface area (Å²) in [5, 5.41) is 17.5. The lowest BCUT2D eigenvalue weighted by atomic mass is 10.1. The molecule has 1 atom stereocenters. The number of nitrogens with one attached hydrogen (secondary N) is 1. The van der Waals surface area contributed by atoms with Crippen molar-refractivity contribution in [2.75, 3.05) is 0 Å². The van der Waals surface area contributed by atoms with Gasteiger partial charge in [-0.15, -0.1) is 11.3 Å². The molecule has 0 saturated carbocycles. The van der Waals surface area contributed by atoms with E-state index in [-0.39, 0.29) is 17.4 Å². The second-order valence-corrected chi connectivity index (χ2v) is 6.28. The van der Waals surface area contributed by atoms with Crippen molar-refractivity contribution in [3.05, 3.63) is 43.4 Å². The van der Waals surface area contributed by atoms with Crippen LogP contribution >= 0.6 is 11.3 Å². The second-order valence-electron chi connectivity index (χ2n) is 4.82. The fourth-order valence-electron chi connectivity index (χ4n) is 2.25. The number of amides is 1. The first-order valence-electron chi connectivity index (χ1n) is 6.35. The zero-order chi connectivity index (χ0) is 15.7. The summed E-state index contributed by atoms with van der Waals surface area (Å²) < 4.78 is 1.21. The molecule has 8 heteroatoms. The monoisotopic (exact) mass is 308 g/mol. The highest BCUT2D eigenvalue weighted by molar-refractivity contribution is 7.12. The SMILES string of the molecule is Cc1cc([C@H](C)NC(=O)c2c([N+](=O)[O-])cnn2C)c(C)s1. The third kappa shape index (κ3) is 2.94. The highest BCUT2D eigenvalue weighted by Crippen LogP contribution is 2.27. The Morgan fingerprint density at radius 1 is 1.52 bits per heavy atom. The Balaban J connectivity index is 2.24. The molecule has 1 amide bonds.